The van der Waals surface area contributed by atoms with Crippen LogP contribution >= 0.6 is 11.6 Å². The Bertz CT molecular complexity index is 368. The molecule has 5 nitrogen and oxygen atoms in total. The highest BCUT2D eigenvalue weighted by Crippen LogP contribution is 2.13. The van der Waals surface area contributed by atoms with Crippen LogP contribution in [0.1, 0.15) is 16.1 Å². The summed E-state index contributed by atoms with van der Waals surface area (Å²) < 4.78 is 4.59. The van der Waals surface area contributed by atoms with Crippen LogP contribution in [0.4, 0.5) is 5.95 Å². The average Bonchev–Trinajstić information content (AvgIpc) is 2.27. The van der Waals surface area contributed by atoms with Crippen molar-refractivity contribution in [1.82, 2.24) is 9.97 Å². The minimum absolute atomic E-state index is 0.147. The summed E-state index contributed by atoms with van der Waals surface area (Å²) in [4.78, 5) is 21.2. The molecule has 0 aliphatic rings. The van der Waals surface area contributed by atoms with E-state index in [2.05, 4.69) is 14.7 Å². The number of alkyl halides is 1. The number of esters is 1. The first kappa shape index (κ1) is 11.7. The maximum absolute atomic E-state index is 11.3. The Balaban J connectivity index is 3.15. The normalized spacial score (nSPS) is 9.87. The zero-order valence-corrected chi connectivity index (χ0v) is 9.58. The second kappa shape index (κ2) is 4.93. The molecular weight excluding hydrogens is 218 g/mol. The largest absolute Gasteiger partial charge is 0.465 e. The number of anilines is 1. The number of ether oxygens (including phenoxy) is 1. The van der Waals surface area contributed by atoms with Gasteiger partial charge in [0, 0.05) is 20.3 Å². The lowest BCUT2D eigenvalue weighted by Gasteiger charge is -2.11. The Labute approximate surface area is 93.0 Å². The molecule has 0 fully saturated rings. The maximum Gasteiger partial charge on any atom is 0.341 e. The number of carbonyl (C=O) groups excluding carboxylic acids is 1. The summed E-state index contributed by atoms with van der Waals surface area (Å²) >= 11 is 5.69. The maximum atomic E-state index is 11.3. The minimum Gasteiger partial charge on any atom is -0.465 e. The third-order valence-corrected chi connectivity index (χ3v) is 2.04. The minimum atomic E-state index is -0.476. The molecule has 0 unspecified atom stereocenters. The second-order valence-electron chi connectivity index (χ2n) is 3.05. The zero-order chi connectivity index (χ0) is 11.4. The van der Waals surface area contributed by atoms with Gasteiger partial charge in [0.05, 0.1) is 18.7 Å². The third kappa shape index (κ3) is 2.56. The predicted molar refractivity (Wildman–Crippen MR) is 57.3 cm³/mol. The summed E-state index contributed by atoms with van der Waals surface area (Å²) in [6, 6.07) is 0. The van der Waals surface area contributed by atoms with Crippen molar-refractivity contribution in [1.29, 1.82) is 0 Å². The van der Waals surface area contributed by atoms with E-state index in [1.54, 1.807) is 4.90 Å². The Morgan fingerprint density at radius 3 is 2.73 bits per heavy atom. The molecule has 15 heavy (non-hydrogen) atoms. The van der Waals surface area contributed by atoms with Crippen LogP contribution in [0, 0.1) is 0 Å². The molecule has 1 heterocycles. The summed E-state index contributed by atoms with van der Waals surface area (Å²) in [6.07, 6.45) is 1.42. The van der Waals surface area contributed by atoms with E-state index in [1.807, 2.05) is 14.1 Å². The lowest BCUT2D eigenvalue weighted by molar-refractivity contribution is 0.0598. The predicted octanol–water partition coefficient (Wildman–Crippen LogP) is 1.07. The van der Waals surface area contributed by atoms with Crippen molar-refractivity contribution in [2.45, 2.75) is 5.88 Å². The van der Waals surface area contributed by atoms with Gasteiger partial charge in [-0.2, -0.15) is 0 Å². The van der Waals surface area contributed by atoms with Gasteiger partial charge < -0.3 is 9.64 Å². The number of rotatable bonds is 3. The molecular formula is C9H12ClN3O2. The molecule has 1 aromatic heterocycles. The topological polar surface area (TPSA) is 55.3 Å². The van der Waals surface area contributed by atoms with Gasteiger partial charge in [-0.1, -0.05) is 0 Å². The van der Waals surface area contributed by atoms with Crippen molar-refractivity contribution in [2.24, 2.45) is 0 Å². The fraction of sp³-hybridized carbons (Fsp3) is 0.444. The van der Waals surface area contributed by atoms with Gasteiger partial charge in [0.1, 0.15) is 5.56 Å². The number of methoxy groups -OCH3 is 1. The monoisotopic (exact) mass is 229 g/mol. The molecule has 0 radical (unpaired) electrons. The van der Waals surface area contributed by atoms with Crippen LogP contribution in [0.2, 0.25) is 0 Å². The van der Waals surface area contributed by atoms with E-state index in [4.69, 9.17) is 11.6 Å². The summed E-state index contributed by atoms with van der Waals surface area (Å²) in [6.45, 7) is 0. The molecule has 0 aliphatic carbocycles. The lowest BCUT2D eigenvalue weighted by Crippen LogP contribution is -2.16. The van der Waals surface area contributed by atoms with Crippen LogP contribution in [-0.4, -0.2) is 37.1 Å². The summed E-state index contributed by atoms with van der Waals surface area (Å²) in [7, 11) is 4.93. The summed E-state index contributed by atoms with van der Waals surface area (Å²) in [5.74, 6) is 0.183. The molecule has 6 heteroatoms. The van der Waals surface area contributed by atoms with Crippen molar-refractivity contribution in [2.75, 3.05) is 26.1 Å². The molecule has 0 amide bonds. The quantitative estimate of drug-likeness (QED) is 0.573. The van der Waals surface area contributed by atoms with E-state index in [-0.39, 0.29) is 5.88 Å². The SMILES string of the molecule is COC(=O)c1cnc(N(C)C)nc1CCl. The molecule has 0 aliphatic heterocycles. The molecule has 0 spiro atoms. The van der Waals surface area contributed by atoms with E-state index in [1.165, 1.54) is 13.3 Å². The van der Waals surface area contributed by atoms with Crippen LogP contribution in [0.15, 0.2) is 6.20 Å². The van der Waals surface area contributed by atoms with Crippen LogP contribution in [0.5, 0.6) is 0 Å². The highest BCUT2D eigenvalue weighted by molar-refractivity contribution is 6.17. The van der Waals surface area contributed by atoms with Crippen LogP contribution in [0.3, 0.4) is 0 Å². The number of nitrogens with zero attached hydrogens (tertiary/aromatic N) is 3. The number of carbonyl (C=O) groups is 1. The van der Waals surface area contributed by atoms with Crippen molar-refractivity contribution in [3.8, 4) is 0 Å². The van der Waals surface area contributed by atoms with Gasteiger partial charge in [-0.25, -0.2) is 14.8 Å². The third-order valence-electron chi connectivity index (χ3n) is 1.79. The Kier molecular flexibility index (Phi) is 3.85. The second-order valence-corrected chi connectivity index (χ2v) is 3.32. The molecule has 0 saturated heterocycles. The van der Waals surface area contributed by atoms with Crippen LogP contribution in [-0.2, 0) is 10.6 Å². The van der Waals surface area contributed by atoms with E-state index >= 15 is 0 Å². The van der Waals surface area contributed by atoms with Crippen molar-refractivity contribution in [3.63, 3.8) is 0 Å². The average molecular weight is 230 g/mol. The van der Waals surface area contributed by atoms with Crippen molar-refractivity contribution >= 4 is 23.5 Å². The van der Waals surface area contributed by atoms with Gasteiger partial charge in [-0.05, 0) is 0 Å². The first-order valence-electron chi connectivity index (χ1n) is 4.27. The first-order valence-corrected chi connectivity index (χ1v) is 4.81. The van der Waals surface area contributed by atoms with E-state index < -0.39 is 5.97 Å². The van der Waals surface area contributed by atoms with Gasteiger partial charge in [0.25, 0.3) is 0 Å². The lowest BCUT2D eigenvalue weighted by atomic mass is 10.2. The summed E-state index contributed by atoms with van der Waals surface area (Å²) in [5, 5.41) is 0. The fourth-order valence-corrected chi connectivity index (χ4v) is 1.21. The Hall–Kier alpha value is -1.36. The Morgan fingerprint density at radius 1 is 1.60 bits per heavy atom. The molecule has 0 bridgehead atoms. The highest BCUT2D eigenvalue weighted by atomic mass is 35.5. The van der Waals surface area contributed by atoms with Gasteiger partial charge >= 0.3 is 5.97 Å². The van der Waals surface area contributed by atoms with Gasteiger partial charge in [0.15, 0.2) is 0 Å². The molecule has 82 valence electrons. The molecule has 0 saturated carbocycles. The van der Waals surface area contributed by atoms with Crippen LogP contribution in [0.25, 0.3) is 0 Å². The fourth-order valence-electron chi connectivity index (χ4n) is 1.00. The Morgan fingerprint density at radius 2 is 2.27 bits per heavy atom. The molecule has 1 aromatic rings. The zero-order valence-electron chi connectivity index (χ0n) is 8.82. The standard InChI is InChI=1S/C9H12ClN3O2/c1-13(2)9-11-5-6(8(14)15-3)7(4-10)12-9/h5H,4H2,1-3H3. The molecule has 0 atom stereocenters. The first-order chi connectivity index (χ1) is 7.10. The smallest absolute Gasteiger partial charge is 0.341 e. The number of halogens is 1. The van der Waals surface area contributed by atoms with Crippen molar-refractivity contribution in [3.05, 3.63) is 17.5 Å². The van der Waals surface area contributed by atoms with Gasteiger partial charge in [0.2, 0.25) is 5.95 Å². The molecule has 1 rings (SSSR count). The van der Waals surface area contributed by atoms with E-state index in [0.29, 0.717) is 17.2 Å². The number of hydrogen-bond donors (Lipinski definition) is 0. The van der Waals surface area contributed by atoms with Gasteiger partial charge in [-0.3, -0.25) is 0 Å². The molecule has 0 aromatic carbocycles. The van der Waals surface area contributed by atoms with E-state index in [0.717, 1.165) is 0 Å². The van der Waals surface area contributed by atoms with Crippen molar-refractivity contribution < 1.29 is 9.53 Å². The number of hydrogen-bond acceptors (Lipinski definition) is 5. The van der Waals surface area contributed by atoms with Gasteiger partial charge in [-0.15, -0.1) is 11.6 Å². The number of aromatic nitrogens is 2. The summed E-state index contributed by atoms with van der Waals surface area (Å²) in [5.41, 5.74) is 0.778. The molecule has 0 N–H and O–H groups in total. The van der Waals surface area contributed by atoms with Crippen LogP contribution < -0.4 is 4.90 Å². The highest BCUT2D eigenvalue weighted by Gasteiger charge is 2.14. The van der Waals surface area contributed by atoms with E-state index in [9.17, 15) is 4.79 Å².